The van der Waals surface area contributed by atoms with Gasteiger partial charge in [-0.25, -0.2) is 9.59 Å². The van der Waals surface area contributed by atoms with Crippen LogP contribution in [0.5, 0.6) is 5.75 Å². The van der Waals surface area contributed by atoms with Gasteiger partial charge in [0.05, 0.1) is 12.2 Å². The summed E-state index contributed by atoms with van der Waals surface area (Å²) in [5.41, 5.74) is 1.03. The normalized spacial score (nSPS) is 13.5. The number of esters is 1. The van der Waals surface area contributed by atoms with Gasteiger partial charge in [-0.15, -0.1) is 0 Å². The number of ether oxygens (including phenoxy) is 3. The maximum Gasteiger partial charge on any atom is 0.409 e. The van der Waals surface area contributed by atoms with E-state index in [1.54, 1.807) is 34.9 Å². The number of benzene rings is 2. The summed E-state index contributed by atoms with van der Waals surface area (Å²) in [7, 11) is 0. The van der Waals surface area contributed by atoms with E-state index in [1.165, 1.54) is 0 Å². The fourth-order valence-electron chi connectivity index (χ4n) is 3.17. The number of rotatable bonds is 7. The Bertz CT molecular complexity index is 894. The van der Waals surface area contributed by atoms with Gasteiger partial charge in [0.1, 0.15) is 12.4 Å². The molecule has 8 heteroatoms. The Labute approximate surface area is 181 Å². The molecule has 0 saturated carbocycles. The molecule has 1 saturated heterocycles. The van der Waals surface area contributed by atoms with Crippen LogP contribution in [0.2, 0.25) is 0 Å². The molecule has 2 amide bonds. The third-order valence-corrected chi connectivity index (χ3v) is 4.86. The lowest BCUT2D eigenvalue weighted by Crippen LogP contribution is -2.51. The molecule has 0 aliphatic carbocycles. The lowest BCUT2D eigenvalue weighted by atomic mass is 10.1. The smallest absolute Gasteiger partial charge is 0.409 e. The lowest BCUT2D eigenvalue weighted by Gasteiger charge is -2.33. The highest BCUT2D eigenvalue weighted by Gasteiger charge is 2.25. The molecule has 2 aromatic carbocycles. The Balaban J connectivity index is 1.49. The summed E-state index contributed by atoms with van der Waals surface area (Å²) < 4.78 is 16.0. The van der Waals surface area contributed by atoms with E-state index in [4.69, 9.17) is 14.2 Å². The first-order valence-electron chi connectivity index (χ1n) is 10.2. The summed E-state index contributed by atoms with van der Waals surface area (Å²) in [5, 5.41) is 0. The number of carbonyl (C=O) groups is 3. The van der Waals surface area contributed by atoms with Crippen LogP contribution in [-0.2, 0) is 20.9 Å². The van der Waals surface area contributed by atoms with Gasteiger partial charge in [-0.05, 0) is 25.1 Å². The molecule has 2 aromatic rings. The molecule has 0 radical (unpaired) electrons. The van der Waals surface area contributed by atoms with Gasteiger partial charge in [-0.3, -0.25) is 4.79 Å². The van der Waals surface area contributed by atoms with Crippen LogP contribution in [0.3, 0.4) is 0 Å². The van der Waals surface area contributed by atoms with Gasteiger partial charge in [0.2, 0.25) is 0 Å². The van der Waals surface area contributed by atoms with Crippen molar-refractivity contribution in [1.82, 2.24) is 9.80 Å². The molecule has 1 heterocycles. The van der Waals surface area contributed by atoms with Gasteiger partial charge >= 0.3 is 12.1 Å². The predicted molar refractivity (Wildman–Crippen MR) is 113 cm³/mol. The zero-order valence-corrected chi connectivity index (χ0v) is 17.5. The molecule has 0 unspecified atom stereocenters. The summed E-state index contributed by atoms with van der Waals surface area (Å²) in [6.45, 7) is 3.43. The van der Waals surface area contributed by atoms with E-state index in [2.05, 4.69) is 0 Å². The number of carbonyl (C=O) groups excluding carboxylic acids is 3. The average Bonchev–Trinajstić information content (AvgIpc) is 2.82. The molecule has 0 atom stereocenters. The second kappa shape index (κ2) is 11.0. The lowest BCUT2D eigenvalue weighted by molar-refractivity contribution is -0.136. The minimum Gasteiger partial charge on any atom is -0.489 e. The van der Waals surface area contributed by atoms with E-state index in [0.29, 0.717) is 49.7 Å². The first kappa shape index (κ1) is 22.1. The molecule has 1 fully saturated rings. The van der Waals surface area contributed by atoms with Crippen LogP contribution >= 0.6 is 0 Å². The second-order valence-electron chi connectivity index (χ2n) is 6.90. The molecular weight excluding hydrogens is 400 g/mol. The maximum atomic E-state index is 12.6. The molecule has 3 rings (SSSR count). The minimum atomic E-state index is -0.578. The zero-order chi connectivity index (χ0) is 22.1. The molecule has 0 spiro atoms. The van der Waals surface area contributed by atoms with Crippen LogP contribution in [0, 0.1) is 0 Å². The summed E-state index contributed by atoms with van der Waals surface area (Å²) in [6, 6.07) is 16.3. The third kappa shape index (κ3) is 6.21. The van der Waals surface area contributed by atoms with E-state index >= 15 is 0 Å². The number of amides is 2. The fraction of sp³-hybridized carbons (Fsp3) is 0.348. The molecule has 0 N–H and O–H groups in total. The highest BCUT2D eigenvalue weighted by Crippen LogP contribution is 2.16. The van der Waals surface area contributed by atoms with Crippen molar-refractivity contribution in [2.24, 2.45) is 0 Å². The van der Waals surface area contributed by atoms with Crippen LogP contribution in [0.1, 0.15) is 22.8 Å². The summed E-state index contributed by atoms with van der Waals surface area (Å²) in [5.74, 6) is -0.177. The van der Waals surface area contributed by atoms with Crippen molar-refractivity contribution in [3.63, 3.8) is 0 Å². The Kier molecular flexibility index (Phi) is 7.86. The molecular formula is C23H26N2O6. The Morgan fingerprint density at radius 3 is 2.19 bits per heavy atom. The van der Waals surface area contributed by atoms with Crippen molar-refractivity contribution < 1.29 is 28.6 Å². The van der Waals surface area contributed by atoms with Crippen LogP contribution in [0.25, 0.3) is 0 Å². The van der Waals surface area contributed by atoms with Crippen molar-refractivity contribution in [2.75, 3.05) is 39.4 Å². The highest BCUT2D eigenvalue weighted by atomic mass is 16.6. The van der Waals surface area contributed by atoms with Crippen molar-refractivity contribution in [3.8, 4) is 5.75 Å². The molecule has 1 aliphatic rings. The van der Waals surface area contributed by atoms with Gasteiger partial charge in [-0.1, -0.05) is 36.4 Å². The SMILES string of the molecule is CCOC(=O)N1CCN(C(=O)COC(=O)c2ccccc2COc2ccccc2)CC1. The van der Waals surface area contributed by atoms with E-state index in [1.807, 2.05) is 36.4 Å². The number of hydrogen-bond donors (Lipinski definition) is 0. The molecule has 164 valence electrons. The van der Waals surface area contributed by atoms with Crippen molar-refractivity contribution in [1.29, 1.82) is 0 Å². The van der Waals surface area contributed by atoms with Crippen LogP contribution in [-0.4, -0.2) is 67.2 Å². The Hall–Kier alpha value is -3.55. The van der Waals surface area contributed by atoms with Gasteiger partial charge in [0, 0.05) is 31.7 Å². The summed E-state index contributed by atoms with van der Waals surface area (Å²) in [6.07, 6.45) is -0.379. The van der Waals surface area contributed by atoms with Crippen molar-refractivity contribution >= 4 is 18.0 Å². The Morgan fingerprint density at radius 2 is 1.48 bits per heavy atom. The minimum absolute atomic E-state index is 0.207. The molecule has 1 aliphatic heterocycles. The van der Waals surface area contributed by atoms with Gasteiger partial charge < -0.3 is 24.0 Å². The standard InChI is InChI=1S/C23H26N2O6/c1-2-29-23(28)25-14-12-24(13-15-25)21(26)17-31-22(27)20-11-7-6-8-18(20)16-30-19-9-4-3-5-10-19/h3-11H,2,12-17H2,1H3. The van der Waals surface area contributed by atoms with Gasteiger partial charge in [0.15, 0.2) is 6.61 Å². The molecule has 31 heavy (non-hydrogen) atoms. The van der Waals surface area contributed by atoms with E-state index < -0.39 is 5.97 Å². The first-order chi connectivity index (χ1) is 15.1. The van der Waals surface area contributed by atoms with Crippen molar-refractivity contribution in [2.45, 2.75) is 13.5 Å². The third-order valence-electron chi connectivity index (χ3n) is 4.86. The van der Waals surface area contributed by atoms with E-state index in [0.717, 1.165) is 0 Å². The monoisotopic (exact) mass is 426 g/mol. The second-order valence-corrected chi connectivity index (χ2v) is 6.90. The van der Waals surface area contributed by atoms with Gasteiger partial charge in [-0.2, -0.15) is 0 Å². The fourth-order valence-corrected chi connectivity index (χ4v) is 3.17. The Morgan fingerprint density at radius 1 is 0.839 bits per heavy atom. The number of hydrogen-bond acceptors (Lipinski definition) is 6. The van der Waals surface area contributed by atoms with Crippen LogP contribution in [0.4, 0.5) is 4.79 Å². The largest absolute Gasteiger partial charge is 0.489 e. The zero-order valence-electron chi connectivity index (χ0n) is 17.5. The topological polar surface area (TPSA) is 85.4 Å². The number of para-hydroxylation sites is 1. The summed E-state index contributed by atoms with van der Waals surface area (Å²) in [4.78, 5) is 39.9. The maximum absolute atomic E-state index is 12.6. The highest BCUT2D eigenvalue weighted by molar-refractivity contribution is 5.92. The van der Waals surface area contributed by atoms with Crippen LogP contribution < -0.4 is 4.74 Å². The average molecular weight is 426 g/mol. The molecule has 8 nitrogen and oxygen atoms in total. The van der Waals surface area contributed by atoms with E-state index in [9.17, 15) is 14.4 Å². The number of nitrogens with zero attached hydrogens (tertiary/aromatic N) is 2. The quantitative estimate of drug-likeness (QED) is 0.633. The molecule has 0 bridgehead atoms. The van der Waals surface area contributed by atoms with Crippen LogP contribution in [0.15, 0.2) is 54.6 Å². The first-order valence-corrected chi connectivity index (χ1v) is 10.2. The summed E-state index contributed by atoms with van der Waals surface area (Å²) >= 11 is 0. The number of piperazine rings is 1. The van der Waals surface area contributed by atoms with E-state index in [-0.39, 0.29) is 25.2 Å². The predicted octanol–water partition coefficient (Wildman–Crippen LogP) is 2.72. The van der Waals surface area contributed by atoms with Crippen molar-refractivity contribution in [3.05, 3.63) is 65.7 Å². The molecule has 0 aromatic heterocycles. The van der Waals surface area contributed by atoms with Gasteiger partial charge in [0.25, 0.3) is 5.91 Å².